The summed E-state index contributed by atoms with van der Waals surface area (Å²) in [6, 6.07) is 9.91. The third-order valence-electron chi connectivity index (χ3n) is 4.21. The number of carbonyl (C=O) groups is 1. The van der Waals surface area contributed by atoms with Crippen molar-refractivity contribution in [3.05, 3.63) is 36.5 Å². The van der Waals surface area contributed by atoms with Gasteiger partial charge in [0.2, 0.25) is 15.9 Å². The molecule has 0 radical (unpaired) electrons. The highest BCUT2D eigenvalue weighted by Crippen LogP contribution is 2.16. The standard InChI is InChI=1S/C16H21N3O3S/c1-23(21,22)17-14-7-10-18(11-8-14)16(20)12-19-9-6-13-4-2-3-5-15(13)19/h2-6,9,14,17H,7-8,10-12H2,1H3. The number of hydrogen-bond donors (Lipinski definition) is 1. The molecule has 2 heterocycles. The first-order valence-corrected chi connectivity index (χ1v) is 9.60. The number of aromatic nitrogens is 1. The van der Waals surface area contributed by atoms with E-state index in [-0.39, 0.29) is 11.9 Å². The van der Waals surface area contributed by atoms with Gasteiger partial charge in [0, 0.05) is 30.8 Å². The number of likely N-dealkylation sites (tertiary alicyclic amines) is 1. The van der Waals surface area contributed by atoms with Gasteiger partial charge in [-0.25, -0.2) is 13.1 Å². The quantitative estimate of drug-likeness (QED) is 0.912. The smallest absolute Gasteiger partial charge is 0.242 e. The summed E-state index contributed by atoms with van der Waals surface area (Å²) in [5.74, 6) is 0.0733. The van der Waals surface area contributed by atoms with Crippen LogP contribution in [0.15, 0.2) is 36.5 Å². The first-order chi connectivity index (χ1) is 10.9. The molecule has 1 amide bonds. The molecular formula is C16H21N3O3S. The van der Waals surface area contributed by atoms with Crippen LogP contribution in [0.25, 0.3) is 10.9 Å². The van der Waals surface area contributed by atoms with E-state index in [1.165, 1.54) is 6.26 Å². The summed E-state index contributed by atoms with van der Waals surface area (Å²) in [5.41, 5.74) is 1.05. The SMILES string of the molecule is CS(=O)(=O)NC1CCN(C(=O)Cn2ccc3ccccc32)CC1. The normalized spacial score (nSPS) is 16.8. The zero-order valence-electron chi connectivity index (χ0n) is 13.1. The van der Waals surface area contributed by atoms with Gasteiger partial charge in [-0.05, 0) is 30.4 Å². The molecule has 6 nitrogen and oxygen atoms in total. The van der Waals surface area contributed by atoms with Gasteiger partial charge in [-0.15, -0.1) is 0 Å². The van der Waals surface area contributed by atoms with E-state index >= 15 is 0 Å². The monoisotopic (exact) mass is 335 g/mol. The topological polar surface area (TPSA) is 71.4 Å². The number of piperidine rings is 1. The van der Waals surface area contributed by atoms with E-state index < -0.39 is 10.0 Å². The number of sulfonamides is 1. The summed E-state index contributed by atoms with van der Waals surface area (Å²) < 4.78 is 27.1. The molecular weight excluding hydrogens is 314 g/mol. The van der Waals surface area contributed by atoms with Crippen LogP contribution in [0.3, 0.4) is 0 Å². The molecule has 0 unspecified atom stereocenters. The van der Waals surface area contributed by atoms with Crippen LogP contribution in [0.1, 0.15) is 12.8 Å². The first kappa shape index (κ1) is 16.0. The minimum Gasteiger partial charge on any atom is -0.341 e. The Labute approximate surface area is 136 Å². The van der Waals surface area contributed by atoms with Gasteiger partial charge in [0.1, 0.15) is 6.54 Å². The third kappa shape index (κ3) is 3.92. The molecule has 1 aromatic carbocycles. The summed E-state index contributed by atoms with van der Waals surface area (Å²) in [4.78, 5) is 14.3. The highest BCUT2D eigenvalue weighted by atomic mass is 32.2. The summed E-state index contributed by atoms with van der Waals surface area (Å²) >= 11 is 0. The lowest BCUT2D eigenvalue weighted by molar-refractivity contribution is -0.132. The Morgan fingerprint density at radius 2 is 1.91 bits per heavy atom. The van der Waals surface area contributed by atoms with Crippen molar-refractivity contribution in [2.24, 2.45) is 0 Å². The van der Waals surface area contributed by atoms with E-state index in [2.05, 4.69) is 4.72 Å². The van der Waals surface area contributed by atoms with E-state index in [1.807, 2.05) is 46.0 Å². The first-order valence-electron chi connectivity index (χ1n) is 7.71. The second kappa shape index (κ2) is 6.33. The Hall–Kier alpha value is -1.86. The summed E-state index contributed by atoms with van der Waals surface area (Å²) in [5, 5.41) is 1.12. The van der Waals surface area contributed by atoms with Gasteiger partial charge >= 0.3 is 0 Å². The number of rotatable bonds is 4. The molecule has 1 N–H and O–H groups in total. The van der Waals surface area contributed by atoms with E-state index in [4.69, 9.17) is 0 Å². The van der Waals surface area contributed by atoms with Crippen molar-refractivity contribution in [1.29, 1.82) is 0 Å². The Balaban J connectivity index is 1.60. The lowest BCUT2D eigenvalue weighted by atomic mass is 10.1. The van der Waals surface area contributed by atoms with Gasteiger partial charge in [0.25, 0.3) is 0 Å². The Morgan fingerprint density at radius 1 is 1.22 bits per heavy atom. The molecule has 1 aromatic heterocycles. The van der Waals surface area contributed by atoms with Crippen LogP contribution in [0.2, 0.25) is 0 Å². The van der Waals surface area contributed by atoms with Gasteiger partial charge in [0.15, 0.2) is 0 Å². The fourth-order valence-corrected chi connectivity index (χ4v) is 3.91. The van der Waals surface area contributed by atoms with E-state index in [9.17, 15) is 13.2 Å². The van der Waals surface area contributed by atoms with Gasteiger partial charge in [0.05, 0.1) is 6.26 Å². The van der Waals surface area contributed by atoms with Gasteiger partial charge in [-0.3, -0.25) is 4.79 Å². The summed E-state index contributed by atoms with van der Waals surface area (Å²) in [6.45, 7) is 1.49. The molecule has 1 saturated heterocycles. The van der Waals surface area contributed by atoms with Crippen molar-refractivity contribution in [3.63, 3.8) is 0 Å². The second-order valence-electron chi connectivity index (χ2n) is 6.05. The molecule has 0 saturated carbocycles. The molecule has 124 valence electrons. The molecule has 3 rings (SSSR count). The van der Waals surface area contributed by atoms with E-state index in [0.717, 1.165) is 10.9 Å². The molecule has 1 aliphatic heterocycles. The third-order valence-corrected chi connectivity index (χ3v) is 4.98. The second-order valence-corrected chi connectivity index (χ2v) is 7.83. The fourth-order valence-electron chi connectivity index (χ4n) is 3.07. The van der Waals surface area contributed by atoms with Gasteiger partial charge < -0.3 is 9.47 Å². The highest BCUT2D eigenvalue weighted by molar-refractivity contribution is 7.88. The van der Waals surface area contributed by atoms with Crippen molar-refractivity contribution in [1.82, 2.24) is 14.2 Å². The average Bonchev–Trinajstić information content (AvgIpc) is 2.90. The molecule has 1 fully saturated rings. The fraction of sp³-hybridized carbons (Fsp3) is 0.438. The van der Waals surface area contributed by atoms with Crippen molar-refractivity contribution >= 4 is 26.8 Å². The lowest BCUT2D eigenvalue weighted by Gasteiger charge is -2.32. The predicted molar refractivity (Wildman–Crippen MR) is 89.5 cm³/mol. The summed E-state index contributed by atoms with van der Waals surface area (Å²) in [6.07, 6.45) is 4.42. The molecule has 0 aliphatic carbocycles. The molecule has 0 bridgehead atoms. The minimum atomic E-state index is -3.18. The molecule has 0 spiro atoms. The lowest BCUT2D eigenvalue weighted by Crippen LogP contribution is -2.47. The largest absolute Gasteiger partial charge is 0.341 e. The van der Waals surface area contributed by atoms with E-state index in [0.29, 0.717) is 32.5 Å². The predicted octanol–water partition coefficient (Wildman–Crippen LogP) is 1.18. The van der Waals surface area contributed by atoms with Crippen LogP contribution in [0, 0.1) is 0 Å². The number of nitrogens with zero attached hydrogens (tertiary/aromatic N) is 2. The van der Waals surface area contributed by atoms with Gasteiger partial charge in [-0.2, -0.15) is 0 Å². The number of nitrogens with one attached hydrogen (secondary N) is 1. The Bertz CT molecular complexity index is 805. The van der Waals surface area contributed by atoms with Crippen LogP contribution in [-0.4, -0.2) is 49.2 Å². The van der Waals surface area contributed by atoms with Crippen molar-refractivity contribution in [3.8, 4) is 0 Å². The zero-order valence-corrected chi connectivity index (χ0v) is 13.9. The Kier molecular flexibility index (Phi) is 4.41. The molecule has 7 heteroatoms. The van der Waals surface area contributed by atoms with Crippen LogP contribution >= 0.6 is 0 Å². The molecule has 23 heavy (non-hydrogen) atoms. The van der Waals surface area contributed by atoms with E-state index in [1.54, 1.807) is 0 Å². The van der Waals surface area contributed by atoms with Crippen LogP contribution in [0.5, 0.6) is 0 Å². The zero-order chi connectivity index (χ0) is 16.4. The average molecular weight is 335 g/mol. The number of benzene rings is 1. The minimum absolute atomic E-state index is 0.0681. The number of carbonyl (C=O) groups excluding carboxylic acids is 1. The molecule has 0 atom stereocenters. The maximum Gasteiger partial charge on any atom is 0.242 e. The highest BCUT2D eigenvalue weighted by Gasteiger charge is 2.24. The van der Waals surface area contributed by atoms with Crippen LogP contribution in [0.4, 0.5) is 0 Å². The number of hydrogen-bond acceptors (Lipinski definition) is 3. The number of para-hydroxylation sites is 1. The van der Waals surface area contributed by atoms with Crippen molar-refractivity contribution < 1.29 is 13.2 Å². The van der Waals surface area contributed by atoms with Crippen molar-refractivity contribution in [2.45, 2.75) is 25.4 Å². The summed E-state index contributed by atoms with van der Waals surface area (Å²) in [7, 11) is -3.18. The maximum absolute atomic E-state index is 12.5. The molecule has 1 aliphatic rings. The van der Waals surface area contributed by atoms with Gasteiger partial charge in [-0.1, -0.05) is 18.2 Å². The van der Waals surface area contributed by atoms with Crippen LogP contribution in [-0.2, 0) is 21.4 Å². The number of fused-ring (bicyclic) bond motifs is 1. The van der Waals surface area contributed by atoms with Crippen molar-refractivity contribution in [2.75, 3.05) is 19.3 Å². The van der Waals surface area contributed by atoms with Crippen LogP contribution < -0.4 is 4.72 Å². The molecule has 2 aromatic rings. The Morgan fingerprint density at radius 3 is 2.61 bits per heavy atom. The maximum atomic E-state index is 12.5. The number of amides is 1.